The zero-order valence-corrected chi connectivity index (χ0v) is 12.4. The van der Waals surface area contributed by atoms with E-state index in [1.165, 1.54) is 23.6 Å². The van der Waals surface area contributed by atoms with Crippen LogP contribution in [0.3, 0.4) is 0 Å². The minimum absolute atomic E-state index is 0.721. The van der Waals surface area contributed by atoms with Gasteiger partial charge in [-0.1, -0.05) is 11.6 Å². The summed E-state index contributed by atoms with van der Waals surface area (Å²) in [5, 5.41) is 4.44. The van der Waals surface area contributed by atoms with Crippen LogP contribution in [-0.4, -0.2) is 37.2 Å². The van der Waals surface area contributed by atoms with Crippen molar-refractivity contribution in [3.63, 3.8) is 0 Å². The molecule has 1 heterocycles. The number of likely N-dealkylation sites (N-methyl/N-ethyl adjacent to an activating group) is 1. The van der Waals surface area contributed by atoms with Gasteiger partial charge in [-0.15, -0.1) is 0 Å². The lowest BCUT2D eigenvalue weighted by molar-refractivity contribution is 0.556. The first-order valence-corrected chi connectivity index (χ1v) is 8.14. The Morgan fingerprint density at radius 3 is 2.78 bits per heavy atom. The zero-order chi connectivity index (χ0) is 12.8. The predicted molar refractivity (Wildman–Crippen MR) is 83.1 cm³/mol. The second-order valence-electron chi connectivity index (χ2n) is 4.57. The topological polar surface area (TPSA) is 15.3 Å². The molecular weight excluding hydrogens is 264 g/mol. The Kier molecular flexibility index (Phi) is 5.67. The van der Waals surface area contributed by atoms with Crippen molar-refractivity contribution >= 4 is 29.1 Å². The first-order valence-electron chi connectivity index (χ1n) is 6.61. The van der Waals surface area contributed by atoms with E-state index in [0.717, 1.165) is 30.7 Å². The third-order valence-corrected chi connectivity index (χ3v) is 4.73. The molecule has 1 aliphatic rings. The molecule has 0 saturated carbocycles. The van der Waals surface area contributed by atoms with E-state index >= 15 is 0 Å². The van der Waals surface area contributed by atoms with Crippen molar-refractivity contribution in [1.29, 1.82) is 0 Å². The molecule has 0 aliphatic carbocycles. The summed E-state index contributed by atoms with van der Waals surface area (Å²) in [6.45, 7) is 5.34. The van der Waals surface area contributed by atoms with Crippen LogP contribution in [-0.2, 0) is 0 Å². The third-order valence-electron chi connectivity index (χ3n) is 3.32. The molecule has 2 nitrogen and oxygen atoms in total. The normalized spacial score (nSPS) is 19.1. The molecule has 1 unspecified atom stereocenters. The summed E-state index contributed by atoms with van der Waals surface area (Å²) < 4.78 is 0. The average Bonchev–Trinajstić information content (AvgIpc) is 2.89. The van der Waals surface area contributed by atoms with Crippen LogP contribution in [0.25, 0.3) is 0 Å². The van der Waals surface area contributed by atoms with E-state index in [1.54, 1.807) is 0 Å². The van der Waals surface area contributed by atoms with Gasteiger partial charge in [0, 0.05) is 42.1 Å². The second-order valence-corrected chi connectivity index (χ2v) is 6.16. The van der Waals surface area contributed by atoms with Crippen molar-refractivity contribution in [3.05, 3.63) is 29.3 Å². The molecule has 1 fully saturated rings. The van der Waals surface area contributed by atoms with E-state index in [1.807, 2.05) is 12.1 Å². The van der Waals surface area contributed by atoms with Crippen LogP contribution in [0.15, 0.2) is 24.3 Å². The van der Waals surface area contributed by atoms with Gasteiger partial charge < -0.3 is 10.2 Å². The molecule has 0 aromatic heterocycles. The Bertz CT molecular complexity index is 349. The molecule has 2 rings (SSSR count). The minimum Gasteiger partial charge on any atom is -0.371 e. The van der Waals surface area contributed by atoms with Gasteiger partial charge in [0.25, 0.3) is 0 Å². The molecule has 100 valence electrons. The summed E-state index contributed by atoms with van der Waals surface area (Å²) in [6, 6.07) is 8.83. The molecular formula is C14H21ClN2S. The van der Waals surface area contributed by atoms with Gasteiger partial charge >= 0.3 is 0 Å². The molecule has 0 radical (unpaired) electrons. The zero-order valence-electron chi connectivity index (χ0n) is 10.9. The third kappa shape index (κ3) is 4.08. The summed E-state index contributed by atoms with van der Waals surface area (Å²) in [7, 11) is 0. The first-order chi connectivity index (χ1) is 8.79. The number of thioether (sulfide) groups is 1. The smallest absolute Gasteiger partial charge is 0.0407 e. The molecule has 1 atom stereocenters. The fraction of sp³-hybridized carbons (Fsp3) is 0.571. The number of hydrogen-bond acceptors (Lipinski definition) is 3. The molecule has 18 heavy (non-hydrogen) atoms. The summed E-state index contributed by atoms with van der Waals surface area (Å²) >= 11 is 7.97. The van der Waals surface area contributed by atoms with Crippen molar-refractivity contribution in [2.24, 2.45) is 0 Å². The van der Waals surface area contributed by atoms with E-state index in [2.05, 4.69) is 41.0 Å². The van der Waals surface area contributed by atoms with E-state index in [0.29, 0.717) is 0 Å². The maximum atomic E-state index is 5.92. The summed E-state index contributed by atoms with van der Waals surface area (Å²) in [4.78, 5) is 2.38. The average molecular weight is 285 g/mol. The fourth-order valence-corrected chi connectivity index (χ4v) is 3.53. The predicted octanol–water partition coefficient (Wildman–Crippen LogP) is 3.26. The van der Waals surface area contributed by atoms with E-state index in [9.17, 15) is 0 Å². The molecule has 1 aromatic rings. The minimum atomic E-state index is 0.721. The summed E-state index contributed by atoms with van der Waals surface area (Å²) in [5.41, 5.74) is 1.25. The van der Waals surface area contributed by atoms with Crippen molar-refractivity contribution in [2.75, 3.05) is 36.0 Å². The van der Waals surface area contributed by atoms with Crippen LogP contribution in [0.1, 0.15) is 13.3 Å². The SMILES string of the molecule is CCN(CCNC1CCSC1)c1ccc(Cl)cc1. The number of benzene rings is 1. The highest BCUT2D eigenvalue weighted by atomic mass is 35.5. The van der Waals surface area contributed by atoms with Crippen LogP contribution in [0.4, 0.5) is 5.69 Å². The summed E-state index contributed by atoms with van der Waals surface area (Å²) in [5.74, 6) is 2.58. The van der Waals surface area contributed by atoms with Crippen LogP contribution >= 0.6 is 23.4 Å². The maximum Gasteiger partial charge on any atom is 0.0407 e. The Balaban J connectivity index is 1.79. The first kappa shape index (κ1) is 14.0. The number of anilines is 1. The van der Waals surface area contributed by atoms with Crippen molar-refractivity contribution in [2.45, 2.75) is 19.4 Å². The van der Waals surface area contributed by atoms with Crippen molar-refractivity contribution < 1.29 is 0 Å². The monoisotopic (exact) mass is 284 g/mol. The molecule has 0 amide bonds. The number of halogens is 1. The number of nitrogens with one attached hydrogen (secondary N) is 1. The molecule has 0 bridgehead atoms. The Morgan fingerprint density at radius 2 is 2.17 bits per heavy atom. The van der Waals surface area contributed by atoms with E-state index < -0.39 is 0 Å². The van der Waals surface area contributed by atoms with Crippen LogP contribution in [0.2, 0.25) is 5.02 Å². The summed E-state index contributed by atoms with van der Waals surface area (Å²) in [6.07, 6.45) is 1.32. The Morgan fingerprint density at radius 1 is 1.39 bits per heavy atom. The fourth-order valence-electron chi connectivity index (χ4n) is 2.22. The van der Waals surface area contributed by atoms with Gasteiger partial charge in [0.05, 0.1) is 0 Å². The van der Waals surface area contributed by atoms with Crippen molar-refractivity contribution in [1.82, 2.24) is 5.32 Å². The van der Waals surface area contributed by atoms with Gasteiger partial charge in [0.2, 0.25) is 0 Å². The Hall–Kier alpha value is -0.380. The number of hydrogen-bond donors (Lipinski definition) is 1. The lowest BCUT2D eigenvalue weighted by atomic mass is 10.2. The molecule has 1 aromatic carbocycles. The van der Waals surface area contributed by atoms with Crippen LogP contribution < -0.4 is 10.2 Å². The number of rotatable bonds is 6. The highest BCUT2D eigenvalue weighted by Crippen LogP contribution is 2.18. The van der Waals surface area contributed by atoms with Crippen LogP contribution in [0, 0.1) is 0 Å². The Labute approximate surface area is 119 Å². The van der Waals surface area contributed by atoms with Gasteiger partial charge in [-0.05, 0) is 43.4 Å². The van der Waals surface area contributed by atoms with Gasteiger partial charge in [0.15, 0.2) is 0 Å². The van der Waals surface area contributed by atoms with Gasteiger partial charge in [0.1, 0.15) is 0 Å². The lowest BCUT2D eigenvalue weighted by Crippen LogP contribution is -2.37. The quantitative estimate of drug-likeness (QED) is 0.863. The molecule has 1 aliphatic heterocycles. The maximum absolute atomic E-state index is 5.92. The standard InChI is InChI=1S/C14H21ClN2S/c1-2-17(14-5-3-12(15)4-6-14)9-8-16-13-7-10-18-11-13/h3-6,13,16H,2,7-11H2,1H3. The van der Waals surface area contributed by atoms with Crippen LogP contribution in [0.5, 0.6) is 0 Å². The second kappa shape index (κ2) is 7.27. The largest absolute Gasteiger partial charge is 0.371 e. The van der Waals surface area contributed by atoms with Crippen molar-refractivity contribution in [3.8, 4) is 0 Å². The van der Waals surface area contributed by atoms with Gasteiger partial charge in [-0.2, -0.15) is 11.8 Å². The van der Waals surface area contributed by atoms with E-state index in [-0.39, 0.29) is 0 Å². The molecule has 1 N–H and O–H groups in total. The lowest BCUT2D eigenvalue weighted by Gasteiger charge is -2.24. The highest BCUT2D eigenvalue weighted by molar-refractivity contribution is 7.99. The van der Waals surface area contributed by atoms with Gasteiger partial charge in [-0.25, -0.2) is 0 Å². The highest BCUT2D eigenvalue weighted by Gasteiger charge is 2.14. The molecule has 1 saturated heterocycles. The number of nitrogens with zero attached hydrogens (tertiary/aromatic N) is 1. The van der Waals surface area contributed by atoms with E-state index in [4.69, 9.17) is 11.6 Å². The van der Waals surface area contributed by atoms with Gasteiger partial charge in [-0.3, -0.25) is 0 Å². The molecule has 4 heteroatoms. The molecule has 0 spiro atoms.